The van der Waals surface area contributed by atoms with Gasteiger partial charge in [-0.25, -0.2) is 9.97 Å². The largest absolute Gasteiger partial charge is 0.413 e. The molecule has 1 saturated carbocycles. The Morgan fingerprint density at radius 2 is 1.81 bits per heavy atom. The summed E-state index contributed by atoms with van der Waals surface area (Å²) in [6.07, 6.45) is 4.42. The predicted molar refractivity (Wildman–Crippen MR) is 180 cm³/mol. The molecule has 1 fully saturated rings. The second-order valence-corrected chi connectivity index (χ2v) is 20.0. The molecule has 1 aromatic carbocycles. The monoisotopic (exact) mass is 662 g/mol. The fourth-order valence-electron chi connectivity index (χ4n) is 7.03. The Balaban J connectivity index is 1.56. The number of hydrogen-bond donors (Lipinski definition) is 3. The Labute approximate surface area is 270 Å². The van der Waals surface area contributed by atoms with Gasteiger partial charge in [-0.3, -0.25) is 4.79 Å². The van der Waals surface area contributed by atoms with Gasteiger partial charge in [-0.2, -0.15) is 0 Å². The van der Waals surface area contributed by atoms with Crippen molar-refractivity contribution in [3.8, 4) is 0 Å². The van der Waals surface area contributed by atoms with E-state index in [0.717, 1.165) is 24.0 Å². The highest BCUT2D eigenvalue weighted by Gasteiger charge is 2.49. The van der Waals surface area contributed by atoms with Gasteiger partial charge in [0.25, 0.3) is 0 Å². The van der Waals surface area contributed by atoms with Gasteiger partial charge >= 0.3 is 0 Å². The summed E-state index contributed by atoms with van der Waals surface area (Å²) in [5, 5.41) is 17.8. The summed E-state index contributed by atoms with van der Waals surface area (Å²) in [7, 11) is -0.281. The number of aliphatic hydroxyl groups is 1. The van der Waals surface area contributed by atoms with Gasteiger partial charge in [-0.05, 0) is 60.3 Å². The summed E-state index contributed by atoms with van der Waals surface area (Å²) in [5.74, 6) is 0.302. The van der Waals surface area contributed by atoms with Gasteiger partial charge in [0.1, 0.15) is 12.1 Å². The van der Waals surface area contributed by atoms with E-state index in [9.17, 15) is 9.90 Å². The maximum Gasteiger partial charge on any atom is 0.208 e. The fraction of sp³-hybridized carbons (Fsp3) is 0.531. The molecule has 0 bridgehead atoms. The predicted octanol–water partition coefficient (Wildman–Crippen LogP) is 8.13. The first-order chi connectivity index (χ1) is 20.4. The van der Waals surface area contributed by atoms with Crippen LogP contribution in [0.2, 0.25) is 26.0 Å². The van der Waals surface area contributed by atoms with E-state index in [4.69, 9.17) is 27.6 Å². The van der Waals surface area contributed by atoms with Gasteiger partial charge < -0.3 is 20.2 Å². The molecule has 43 heavy (non-hydrogen) atoms. The number of anilines is 1. The minimum Gasteiger partial charge on any atom is -0.413 e. The minimum atomic E-state index is -2.13. The average molecular weight is 664 g/mol. The number of thiophene rings is 1. The van der Waals surface area contributed by atoms with Crippen molar-refractivity contribution in [2.45, 2.75) is 89.2 Å². The van der Waals surface area contributed by atoms with Gasteiger partial charge in [0, 0.05) is 35.3 Å². The summed E-state index contributed by atoms with van der Waals surface area (Å²) in [4.78, 5) is 23.0. The van der Waals surface area contributed by atoms with Crippen molar-refractivity contribution >= 4 is 54.5 Å². The van der Waals surface area contributed by atoms with Crippen molar-refractivity contribution in [3.05, 3.63) is 73.8 Å². The van der Waals surface area contributed by atoms with Crippen LogP contribution in [0.1, 0.15) is 86.8 Å². The van der Waals surface area contributed by atoms with Crippen LogP contribution in [0.15, 0.2) is 42.9 Å². The van der Waals surface area contributed by atoms with E-state index < -0.39 is 8.32 Å². The molecule has 0 radical (unpaired) electrons. The number of aliphatic hydroxyl groups excluding tert-OH is 1. The highest BCUT2D eigenvalue weighted by Crippen LogP contribution is 2.46. The van der Waals surface area contributed by atoms with E-state index >= 15 is 0 Å². The van der Waals surface area contributed by atoms with E-state index in [0.29, 0.717) is 42.2 Å². The van der Waals surface area contributed by atoms with Crippen LogP contribution in [-0.2, 0) is 4.43 Å². The molecule has 0 amide bonds. The number of benzene rings is 1. The Morgan fingerprint density at radius 1 is 1.12 bits per heavy atom. The van der Waals surface area contributed by atoms with Gasteiger partial charge in [0.15, 0.2) is 0 Å². The van der Waals surface area contributed by atoms with Crippen molar-refractivity contribution in [2.75, 3.05) is 19.0 Å². The van der Waals surface area contributed by atoms with Gasteiger partial charge in [-0.1, -0.05) is 76.9 Å². The zero-order chi connectivity index (χ0) is 31.5. The van der Waals surface area contributed by atoms with Crippen LogP contribution in [0.25, 0.3) is 0 Å². The van der Waals surface area contributed by atoms with Crippen LogP contribution < -0.4 is 10.6 Å². The molecule has 0 saturated heterocycles. The van der Waals surface area contributed by atoms with Crippen LogP contribution in [-0.4, -0.2) is 55.0 Å². The molecule has 3 N–H and O–H groups in total. The quantitative estimate of drug-likeness (QED) is 0.126. The average Bonchev–Trinajstić information content (AvgIpc) is 3.54. The molecule has 0 spiro atoms. The van der Waals surface area contributed by atoms with Crippen LogP contribution in [0, 0.1) is 5.92 Å². The number of aromatic nitrogens is 2. The third kappa shape index (κ3) is 7.19. The SMILES string of the molecule is CN[C@H](c1cccc(Cl)c1)c1cc(C(=O)c2cncnc2N[C@@H]2C[C@H](CO)[C@@H](O[Si](C(C)C)(C(C)C)C(C)C)C2)sc1Cl. The summed E-state index contributed by atoms with van der Waals surface area (Å²) >= 11 is 14.2. The van der Waals surface area contributed by atoms with Crippen molar-refractivity contribution in [3.63, 3.8) is 0 Å². The van der Waals surface area contributed by atoms with Crippen LogP contribution in [0.4, 0.5) is 5.82 Å². The van der Waals surface area contributed by atoms with Gasteiger partial charge in [-0.15, -0.1) is 11.3 Å². The molecule has 0 aliphatic heterocycles. The molecule has 7 nitrogen and oxygen atoms in total. The summed E-state index contributed by atoms with van der Waals surface area (Å²) in [6, 6.07) is 9.19. The van der Waals surface area contributed by atoms with Crippen molar-refractivity contribution in [1.82, 2.24) is 15.3 Å². The summed E-state index contributed by atoms with van der Waals surface area (Å²) in [6.45, 7) is 13.7. The number of ketones is 1. The molecule has 4 atom stereocenters. The highest BCUT2D eigenvalue weighted by molar-refractivity contribution is 7.18. The number of rotatable bonds is 13. The third-order valence-corrected chi connectivity index (χ3v) is 16.7. The minimum absolute atomic E-state index is 0.000715. The molecular formula is C32H44Cl2N4O3SSi. The molecule has 0 unspecified atom stereocenters. The topological polar surface area (TPSA) is 96.4 Å². The molecule has 2 heterocycles. The molecular weight excluding hydrogens is 619 g/mol. The maximum atomic E-state index is 13.8. The second kappa shape index (κ2) is 14.5. The first-order valence-corrected chi connectivity index (χ1v) is 18.8. The summed E-state index contributed by atoms with van der Waals surface area (Å²) in [5.41, 5.74) is 3.50. The van der Waals surface area contributed by atoms with E-state index in [2.05, 4.69) is 62.1 Å². The zero-order valence-electron chi connectivity index (χ0n) is 26.0. The first kappa shape index (κ1) is 34.0. The number of carbonyl (C=O) groups excluding carboxylic acids is 1. The van der Waals surface area contributed by atoms with E-state index in [-0.39, 0.29) is 36.5 Å². The molecule has 234 valence electrons. The van der Waals surface area contributed by atoms with Crippen molar-refractivity contribution in [2.24, 2.45) is 5.92 Å². The number of hydrogen-bond acceptors (Lipinski definition) is 8. The molecule has 2 aromatic heterocycles. The normalized spacial score (nSPS) is 19.9. The molecule has 3 aromatic rings. The molecule has 4 rings (SSSR count). The number of nitrogens with zero attached hydrogens (tertiary/aromatic N) is 2. The van der Waals surface area contributed by atoms with E-state index in [1.54, 1.807) is 6.20 Å². The lowest BCUT2D eigenvalue weighted by Crippen LogP contribution is -2.51. The molecule has 1 aliphatic rings. The second-order valence-electron chi connectivity index (χ2n) is 12.5. The van der Waals surface area contributed by atoms with Crippen LogP contribution in [0.5, 0.6) is 0 Å². The van der Waals surface area contributed by atoms with Crippen LogP contribution >= 0.6 is 34.5 Å². The Bertz CT molecular complexity index is 1380. The summed E-state index contributed by atoms with van der Waals surface area (Å²) < 4.78 is 7.64. The van der Waals surface area contributed by atoms with Gasteiger partial charge in [0.2, 0.25) is 14.1 Å². The van der Waals surface area contributed by atoms with E-state index in [1.165, 1.54) is 17.7 Å². The van der Waals surface area contributed by atoms with Gasteiger partial charge in [0.05, 0.1) is 26.9 Å². The first-order valence-electron chi connectivity index (χ1n) is 15.0. The smallest absolute Gasteiger partial charge is 0.208 e. The molecule has 11 heteroatoms. The Morgan fingerprint density at radius 3 is 2.42 bits per heavy atom. The van der Waals surface area contributed by atoms with E-state index in [1.807, 2.05) is 37.4 Å². The lowest BCUT2D eigenvalue weighted by molar-refractivity contribution is 0.0941. The number of halogens is 2. The third-order valence-electron chi connectivity index (χ3n) is 8.94. The van der Waals surface area contributed by atoms with Crippen molar-refractivity contribution < 1.29 is 14.3 Å². The Kier molecular flexibility index (Phi) is 11.5. The molecule has 1 aliphatic carbocycles. The zero-order valence-corrected chi connectivity index (χ0v) is 29.4. The van der Waals surface area contributed by atoms with Crippen LogP contribution in [0.3, 0.4) is 0 Å². The lowest BCUT2D eigenvalue weighted by atomic mass is 10.0. The lowest BCUT2D eigenvalue weighted by Gasteiger charge is -2.45. The number of nitrogens with one attached hydrogen (secondary N) is 2. The van der Waals surface area contributed by atoms with Crippen molar-refractivity contribution in [1.29, 1.82) is 0 Å². The fourth-order valence-corrected chi connectivity index (χ4v) is 14.1. The number of carbonyl (C=O) groups is 1. The standard InChI is InChI=1S/C32H44Cl2N4O3SSi/c1-18(2)43(19(3)4,20(5)6)41-27-13-24(12-22(27)16-39)38-32-26(15-36-17-37-32)30(40)28-14-25(31(34)42-28)29(35-7)21-9-8-10-23(33)11-21/h8-11,14-15,17-20,22,24,27,29,35,39H,12-13,16H2,1-7H3,(H,36,37,38)/t22-,24-,27+,29-/m1/s1. The Hall–Kier alpha value is -1.85. The highest BCUT2D eigenvalue weighted by atomic mass is 35.5. The maximum absolute atomic E-state index is 13.8.